The van der Waals surface area contributed by atoms with Crippen molar-refractivity contribution in [3.63, 3.8) is 0 Å². The molecule has 0 N–H and O–H groups in total. The minimum absolute atomic E-state index is 0.102. The monoisotopic (exact) mass is 582 g/mol. The van der Waals surface area contributed by atoms with Gasteiger partial charge in [-0.1, -0.05) is 12.1 Å². The Hall–Kier alpha value is -3.35. The highest BCUT2D eigenvalue weighted by atomic mass is 32.2. The standard InChI is InChI=1S/C28H30F4N2O5S/c1-3-37-25-17-20(18-26(38-4-2)27(25)21-5-7-22(29)8-6-21)19-33-13-15-34(16-14-33)40(35,36)24-11-9-23(10-12-24)39-28(30,31)32/h5-12,17-18H,3-4,13-16,19H2,1-2H3. The van der Waals surface area contributed by atoms with Gasteiger partial charge in [-0.05, 0) is 73.5 Å². The molecule has 1 saturated heterocycles. The number of halogens is 4. The first-order valence-corrected chi connectivity index (χ1v) is 14.2. The van der Waals surface area contributed by atoms with Crippen LogP contribution in [0.15, 0.2) is 65.6 Å². The summed E-state index contributed by atoms with van der Waals surface area (Å²) < 4.78 is 93.9. The lowest BCUT2D eigenvalue weighted by Crippen LogP contribution is -2.48. The molecule has 0 unspecified atom stereocenters. The van der Waals surface area contributed by atoms with Crippen molar-refractivity contribution in [1.29, 1.82) is 0 Å². The zero-order chi connectivity index (χ0) is 28.9. The number of alkyl halides is 3. The van der Waals surface area contributed by atoms with E-state index in [9.17, 15) is 26.0 Å². The summed E-state index contributed by atoms with van der Waals surface area (Å²) >= 11 is 0. The van der Waals surface area contributed by atoms with E-state index in [1.165, 1.54) is 16.4 Å². The van der Waals surface area contributed by atoms with E-state index < -0.39 is 22.1 Å². The average Bonchev–Trinajstić information content (AvgIpc) is 2.90. The Labute approximate surface area is 230 Å². The molecule has 40 heavy (non-hydrogen) atoms. The van der Waals surface area contributed by atoms with Crippen molar-refractivity contribution in [1.82, 2.24) is 9.21 Å². The third-order valence-corrected chi connectivity index (χ3v) is 8.20. The first kappa shape index (κ1) is 29.6. The molecule has 7 nitrogen and oxygen atoms in total. The Morgan fingerprint density at radius 2 is 1.38 bits per heavy atom. The van der Waals surface area contributed by atoms with E-state index in [0.717, 1.165) is 41.0 Å². The van der Waals surface area contributed by atoms with Gasteiger partial charge < -0.3 is 14.2 Å². The quantitative estimate of drug-likeness (QED) is 0.286. The molecule has 3 aromatic carbocycles. The van der Waals surface area contributed by atoms with Crippen molar-refractivity contribution in [3.8, 4) is 28.4 Å². The Bertz CT molecular complexity index is 1360. The molecule has 1 fully saturated rings. The van der Waals surface area contributed by atoms with Crippen LogP contribution < -0.4 is 14.2 Å². The van der Waals surface area contributed by atoms with Crippen LogP contribution in [0.25, 0.3) is 11.1 Å². The van der Waals surface area contributed by atoms with Gasteiger partial charge in [0.05, 0.1) is 23.7 Å². The maximum Gasteiger partial charge on any atom is 0.573 e. The number of piperazine rings is 1. The van der Waals surface area contributed by atoms with Gasteiger partial charge in [-0.15, -0.1) is 13.2 Å². The topological polar surface area (TPSA) is 68.3 Å². The van der Waals surface area contributed by atoms with E-state index in [4.69, 9.17) is 9.47 Å². The summed E-state index contributed by atoms with van der Waals surface area (Å²) in [6.07, 6.45) is -4.86. The van der Waals surface area contributed by atoms with E-state index in [1.807, 2.05) is 26.0 Å². The predicted molar refractivity (Wildman–Crippen MR) is 141 cm³/mol. The summed E-state index contributed by atoms with van der Waals surface area (Å²) in [4.78, 5) is 2.00. The fourth-order valence-corrected chi connectivity index (χ4v) is 5.95. The van der Waals surface area contributed by atoms with E-state index in [0.29, 0.717) is 44.3 Å². The van der Waals surface area contributed by atoms with Gasteiger partial charge in [0.25, 0.3) is 0 Å². The summed E-state index contributed by atoms with van der Waals surface area (Å²) in [5.41, 5.74) is 2.40. The second-order valence-electron chi connectivity index (χ2n) is 9.04. The highest BCUT2D eigenvalue weighted by molar-refractivity contribution is 7.89. The molecule has 216 valence electrons. The van der Waals surface area contributed by atoms with Crippen LogP contribution in [-0.2, 0) is 16.6 Å². The average molecular weight is 583 g/mol. The Kier molecular flexibility index (Phi) is 9.22. The van der Waals surface area contributed by atoms with Crippen LogP contribution in [0.4, 0.5) is 17.6 Å². The molecular formula is C28H30F4N2O5S. The molecule has 1 heterocycles. The van der Waals surface area contributed by atoms with Crippen molar-refractivity contribution in [2.24, 2.45) is 0 Å². The summed E-state index contributed by atoms with van der Waals surface area (Å²) in [5.74, 6) is 0.382. The Morgan fingerprint density at radius 3 is 1.88 bits per heavy atom. The molecule has 12 heteroatoms. The molecule has 0 saturated carbocycles. The second-order valence-corrected chi connectivity index (χ2v) is 11.0. The first-order valence-electron chi connectivity index (χ1n) is 12.8. The lowest BCUT2D eigenvalue weighted by molar-refractivity contribution is -0.274. The van der Waals surface area contributed by atoms with Crippen LogP contribution in [0, 0.1) is 5.82 Å². The van der Waals surface area contributed by atoms with E-state index in [2.05, 4.69) is 9.64 Å². The van der Waals surface area contributed by atoms with Crippen molar-refractivity contribution in [2.75, 3.05) is 39.4 Å². The van der Waals surface area contributed by atoms with E-state index in [1.54, 1.807) is 12.1 Å². The molecule has 1 aliphatic rings. The number of hydrogen-bond donors (Lipinski definition) is 0. The van der Waals surface area contributed by atoms with Gasteiger partial charge in [0.2, 0.25) is 10.0 Å². The van der Waals surface area contributed by atoms with Crippen LogP contribution in [0.1, 0.15) is 19.4 Å². The molecule has 4 rings (SSSR count). The first-order chi connectivity index (χ1) is 19.0. The maximum absolute atomic E-state index is 13.5. The van der Waals surface area contributed by atoms with Gasteiger partial charge in [0.1, 0.15) is 23.1 Å². The lowest BCUT2D eigenvalue weighted by atomic mass is 10.0. The van der Waals surface area contributed by atoms with Crippen molar-refractivity contribution in [2.45, 2.75) is 31.7 Å². The number of hydrogen-bond acceptors (Lipinski definition) is 6. The second kappa shape index (κ2) is 12.4. The molecule has 0 amide bonds. The molecular weight excluding hydrogens is 552 g/mol. The molecule has 0 bridgehead atoms. The Morgan fingerprint density at radius 1 is 0.825 bits per heavy atom. The summed E-state index contributed by atoms with van der Waals surface area (Å²) in [6, 6.07) is 14.1. The smallest absolute Gasteiger partial charge is 0.493 e. The van der Waals surface area contributed by atoms with Crippen molar-refractivity contribution < 1.29 is 40.2 Å². The molecule has 0 aliphatic carbocycles. The third-order valence-electron chi connectivity index (χ3n) is 6.29. The SMILES string of the molecule is CCOc1cc(CN2CCN(S(=O)(=O)c3ccc(OC(F)(F)F)cc3)CC2)cc(OCC)c1-c1ccc(F)cc1. The fourth-order valence-electron chi connectivity index (χ4n) is 4.52. The number of sulfonamides is 1. The molecule has 0 radical (unpaired) electrons. The summed E-state index contributed by atoms with van der Waals surface area (Å²) in [6.45, 7) is 6.43. The van der Waals surface area contributed by atoms with Crippen LogP contribution >= 0.6 is 0 Å². The normalized spacial score (nSPS) is 15.2. The highest BCUT2D eigenvalue weighted by Crippen LogP contribution is 2.40. The summed E-state index contributed by atoms with van der Waals surface area (Å²) in [7, 11) is -3.88. The lowest BCUT2D eigenvalue weighted by Gasteiger charge is -2.34. The Balaban J connectivity index is 1.47. The van der Waals surface area contributed by atoms with Gasteiger partial charge in [-0.3, -0.25) is 4.90 Å². The fraction of sp³-hybridized carbons (Fsp3) is 0.357. The van der Waals surface area contributed by atoms with Crippen molar-refractivity contribution in [3.05, 3.63) is 72.0 Å². The zero-order valence-corrected chi connectivity index (χ0v) is 22.9. The number of benzene rings is 3. The van der Waals surface area contributed by atoms with Gasteiger partial charge in [0, 0.05) is 32.7 Å². The van der Waals surface area contributed by atoms with Crippen LogP contribution in [0.3, 0.4) is 0 Å². The number of nitrogens with zero attached hydrogens (tertiary/aromatic N) is 2. The predicted octanol–water partition coefficient (Wildman–Crippen LogP) is 5.70. The highest BCUT2D eigenvalue weighted by Gasteiger charge is 2.32. The molecule has 0 aromatic heterocycles. The maximum atomic E-state index is 13.5. The van der Waals surface area contributed by atoms with Gasteiger partial charge in [-0.25, -0.2) is 12.8 Å². The molecule has 1 aliphatic heterocycles. The molecule has 3 aromatic rings. The third kappa shape index (κ3) is 7.23. The summed E-state index contributed by atoms with van der Waals surface area (Å²) in [5, 5.41) is 0. The van der Waals surface area contributed by atoms with Crippen LogP contribution in [0.2, 0.25) is 0 Å². The van der Waals surface area contributed by atoms with E-state index in [-0.39, 0.29) is 23.8 Å². The van der Waals surface area contributed by atoms with Crippen LogP contribution in [0.5, 0.6) is 17.2 Å². The van der Waals surface area contributed by atoms with Gasteiger partial charge in [-0.2, -0.15) is 4.31 Å². The van der Waals surface area contributed by atoms with Gasteiger partial charge in [0.15, 0.2) is 0 Å². The van der Waals surface area contributed by atoms with E-state index >= 15 is 0 Å². The minimum atomic E-state index is -4.86. The largest absolute Gasteiger partial charge is 0.573 e. The zero-order valence-electron chi connectivity index (χ0n) is 22.1. The molecule has 0 atom stereocenters. The number of ether oxygens (including phenoxy) is 3. The van der Waals surface area contributed by atoms with Crippen LogP contribution in [-0.4, -0.2) is 63.4 Å². The molecule has 0 spiro atoms. The van der Waals surface area contributed by atoms with Gasteiger partial charge >= 0.3 is 6.36 Å². The van der Waals surface area contributed by atoms with Crippen molar-refractivity contribution >= 4 is 10.0 Å². The number of rotatable bonds is 10. The minimum Gasteiger partial charge on any atom is -0.493 e.